The first-order valence-corrected chi connectivity index (χ1v) is 10.4. The van der Waals surface area contributed by atoms with Gasteiger partial charge in [0.25, 0.3) is 5.91 Å². The molecule has 9 heteroatoms. The summed E-state index contributed by atoms with van der Waals surface area (Å²) in [5.41, 5.74) is 1.17. The number of amides is 1. The summed E-state index contributed by atoms with van der Waals surface area (Å²) in [6.45, 7) is 0.360. The molecule has 1 saturated heterocycles. The minimum atomic E-state index is -2.99. The quantitative estimate of drug-likeness (QED) is 0.786. The summed E-state index contributed by atoms with van der Waals surface area (Å²) in [4.78, 5) is 22.4. The molecule has 1 aromatic heterocycles. The van der Waals surface area contributed by atoms with Gasteiger partial charge in [-0.15, -0.1) is 0 Å². The molecule has 0 bridgehead atoms. The number of nitrogens with one attached hydrogen (secondary N) is 1. The molecule has 3 rings (SSSR count). The summed E-state index contributed by atoms with van der Waals surface area (Å²) in [6, 6.07) is 8.84. The van der Waals surface area contributed by atoms with Crippen LogP contribution in [-0.4, -0.2) is 56.0 Å². The van der Waals surface area contributed by atoms with Crippen molar-refractivity contribution in [1.82, 2.24) is 15.3 Å². The molecular formula is C18H22N4O4S. The van der Waals surface area contributed by atoms with Gasteiger partial charge in [0.05, 0.1) is 18.6 Å². The van der Waals surface area contributed by atoms with Gasteiger partial charge in [0.15, 0.2) is 9.84 Å². The van der Waals surface area contributed by atoms with Gasteiger partial charge in [-0.25, -0.2) is 18.4 Å². The monoisotopic (exact) mass is 390 g/mol. The van der Waals surface area contributed by atoms with Crippen molar-refractivity contribution in [3.63, 3.8) is 0 Å². The van der Waals surface area contributed by atoms with Crippen LogP contribution in [0.4, 0.5) is 5.82 Å². The van der Waals surface area contributed by atoms with Crippen LogP contribution < -0.4 is 15.0 Å². The SMILES string of the molecule is COc1ccc(CNC(=O)c2cc(N(C)C3CCS(=O)(=O)C3)ncn2)cc1. The lowest BCUT2D eigenvalue weighted by atomic mass is 10.2. The number of aromatic nitrogens is 2. The van der Waals surface area contributed by atoms with Crippen LogP contribution in [0.15, 0.2) is 36.7 Å². The fourth-order valence-corrected chi connectivity index (χ4v) is 4.72. The lowest BCUT2D eigenvalue weighted by Gasteiger charge is -2.24. The Morgan fingerprint density at radius 3 is 2.67 bits per heavy atom. The highest BCUT2D eigenvalue weighted by molar-refractivity contribution is 7.91. The fraction of sp³-hybridized carbons (Fsp3) is 0.389. The maximum absolute atomic E-state index is 12.4. The third kappa shape index (κ3) is 4.73. The lowest BCUT2D eigenvalue weighted by molar-refractivity contribution is 0.0945. The van der Waals surface area contributed by atoms with Crippen molar-refractivity contribution in [3.8, 4) is 5.75 Å². The molecule has 2 heterocycles. The van der Waals surface area contributed by atoms with E-state index < -0.39 is 9.84 Å². The third-order valence-electron chi connectivity index (χ3n) is 4.61. The highest BCUT2D eigenvalue weighted by Crippen LogP contribution is 2.21. The van der Waals surface area contributed by atoms with Crippen LogP contribution in [0.5, 0.6) is 5.75 Å². The molecule has 1 fully saturated rings. The molecule has 2 aromatic rings. The minimum Gasteiger partial charge on any atom is -0.497 e. The number of nitrogens with zero attached hydrogens (tertiary/aromatic N) is 3. The predicted octanol–water partition coefficient (Wildman–Crippen LogP) is 1.04. The summed E-state index contributed by atoms with van der Waals surface area (Å²) < 4.78 is 28.5. The van der Waals surface area contributed by atoms with E-state index in [0.29, 0.717) is 18.8 Å². The van der Waals surface area contributed by atoms with Crippen LogP contribution in [0, 0.1) is 0 Å². The molecule has 1 N–H and O–H groups in total. The van der Waals surface area contributed by atoms with Crippen molar-refractivity contribution in [3.05, 3.63) is 47.9 Å². The fourth-order valence-electron chi connectivity index (χ4n) is 2.95. The molecule has 0 aliphatic carbocycles. The van der Waals surface area contributed by atoms with Gasteiger partial charge >= 0.3 is 0 Å². The summed E-state index contributed by atoms with van der Waals surface area (Å²) in [5, 5.41) is 2.82. The Labute approximate surface area is 158 Å². The number of anilines is 1. The van der Waals surface area contributed by atoms with Crippen LogP contribution in [0.3, 0.4) is 0 Å². The number of ether oxygens (including phenoxy) is 1. The van der Waals surface area contributed by atoms with Crippen LogP contribution in [0.2, 0.25) is 0 Å². The van der Waals surface area contributed by atoms with Gasteiger partial charge < -0.3 is 15.0 Å². The van der Waals surface area contributed by atoms with Crippen LogP contribution >= 0.6 is 0 Å². The van der Waals surface area contributed by atoms with E-state index in [4.69, 9.17) is 4.74 Å². The summed E-state index contributed by atoms with van der Waals surface area (Å²) in [6.07, 6.45) is 1.87. The Morgan fingerprint density at radius 2 is 2.04 bits per heavy atom. The molecule has 8 nitrogen and oxygen atoms in total. The Kier molecular flexibility index (Phi) is 5.59. The van der Waals surface area contributed by atoms with E-state index in [-0.39, 0.29) is 29.1 Å². The Hall–Kier alpha value is -2.68. The molecule has 1 unspecified atom stereocenters. The molecule has 0 radical (unpaired) electrons. The normalized spacial score (nSPS) is 18.1. The summed E-state index contributed by atoms with van der Waals surface area (Å²) in [5.74, 6) is 1.25. The van der Waals surface area contributed by atoms with Gasteiger partial charge in [-0.05, 0) is 24.1 Å². The third-order valence-corrected chi connectivity index (χ3v) is 6.37. The van der Waals surface area contributed by atoms with Crippen molar-refractivity contribution in [2.24, 2.45) is 0 Å². The largest absolute Gasteiger partial charge is 0.497 e. The van der Waals surface area contributed by atoms with Crippen molar-refractivity contribution in [1.29, 1.82) is 0 Å². The van der Waals surface area contributed by atoms with E-state index in [9.17, 15) is 13.2 Å². The minimum absolute atomic E-state index is 0.104. The van der Waals surface area contributed by atoms with Gasteiger partial charge in [0.1, 0.15) is 23.6 Å². The average molecular weight is 390 g/mol. The number of hydrogen-bond acceptors (Lipinski definition) is 7. The Morgan fingerprint density at radius 1 is 1.30 bits per heavy atom. The lowest BCUT2D eigenvalue weighted by Crippen LogP contribution is -2.33. The second-order valence-electron chi connectivity index (χ2n) is 6.46. The zero-order valence-electron chi connectivity index (χ0n) is 15.3. The molecule has 1 aliphatic rings. The van der Waals surface area contributed by atoms with Gasteiger partial charge in [0.2, 0.25) is 0 Å². The molecule has 1 aromatic carbocycles. The molecule has 144 valence electrons. The Balaban J connectivity index is 1.64. The molecule has 0 saturated carbocycles. The van der Waals surface area contributed by atoms with E-state index in [1.807, 2.05) is 24.3 Å². The molecular weight excluding hydrogens is 368 g/mol. The number of hydrogen-bond donors (Lipinski definition) is 1. The number of rotatable bonds is 6. The molecule has 27 heavy (non-hydrogen) atoms. The van der Waals surface area contributed by atoms with Gasteiger partial charge in [0, 0.05) is 25.7 Å². The second-order valence-corrected chi connectivity index (χ2v) is 8.69. The number of sulfone groups is 1. The van der Waals surface area contributed by atoms with Crippen LogP contribution in [0.1, 0.15) is 22.5 Å². The first kappa shape index (κ1) is 19.1. The maximum Gasteiger partial charge on any atom is 0.270 e. The van der Waals surface area contributed by atoms with Crippen molar-refractivity contribution in [2.75, 3.05) is 30.6 Å². The van der Waals surface area contributed by atoms with Crippen molar-refractivity contribution >= 4 is 21.6 Å². The van der Waals surface area contributed by atoms with E-state index in [2.05, 4.69) is 15.3 Å². The van der Waals surface area contributed by atoms with Crippen molar-refractivity contribution in [2.45, 2.75) is 19.0 Å². The molecule has 1 atom stereocenters. The molecule has 1 aliphatic heterocycles. The first-order chi connectivity index (χ1) is 12.9. The van der Waals surface area contributed by atoms with Gasteiger partial charge in [-0.3, -0.25) is 4.79 Å². The van der Waals surface area contributed by atoms with Gasteiger partial charge in [-0.1, -0.05) is 12.1 Å². The highest BCUT2D eigenvalue weighted by atomic mass is 32.2. The predicted molar refractivity (Wildman–Crippen MR) is 102 cm³/mol. The highest BCUT2D eigenvalue weighted by Gasteiger charge is 2.31. The topological polar surface area (TPSA) is 101 Å². The maximum atomic E-state index is 12.4. The number of benzene rings is 1. The number of methoxy groups -OCH3 is 1. The second kappa shape index (κ2) is 7.91. The van der Waals surface area contributed by atoms with Crippen molar-refractivity contribution < 1.29 is 17.9 Å². The summed E-state index contributed by atoms with van der Waals surface area (Å²) >= 11 is 0. The molecule has 0 spiro atoms. The van der Waals surface area contributed by atoms with E-state index in [1.165, 1.54) is 6.33 Å². The first-order valence-electron chi connectivity index (χ1n) is 8.54. The van der Waals surface area contributed by atoms with Gasteiger partial charge in [-0.2, -0.15) is 0 Å². The Bertz CT molecular complexity index is 915. The zero-order valence-corrected chi connectivity index (χ0v) is 16.1. The van der Waals surface area contributed by atoms with E-state index in [0.717, 1.165) is 11.3 Å². The number of carbonyl (C=O) groups excluding carboxylic acids is 1. The number of carbonyl (C=O) groups is 1. The standard InChI is InChI=1S/C18H22N4O4S/c1-22(14-7-8-27(24,25)11-14)17-9-16(20-12-21-17)18(23)19-10-13-3-5-15(26-2)6-4-13/h3-6,9,12,14H,7-8,10-11H2,1-2H3,(H,19,23). The van der Waals surface area contributed by atoms with E-state index in [1.54, 1.807) is 25.1 Å². The van der Waals surface area contributed by atoms with Crippen LogP contribution in [-0.2, 0) is 16.4 Å². The molecule has 1 amide bonds. The smallest absolute Gasteiger partial charge is 0.270 e. The van der Waals surface area contributed by atoms with Crippen LogP contribution in [0.25, 0.3) is 0 Å². The average Bonchev–Trinajstić information content (AvgIpc) is 3.05. The zero-order chi connectivity index (χ0) is 19.4. The van der Waals surface area contributed by atoms with E-state index >= 15 is 0 Å². The summed E-state index contributed by atoms with van der Waals surface area (Å²) in [7, 11) is 0.391.